The molecule has 3 N–H and O–H groups in total. The topological polar surface area (TPSA) is 138 Å². The van der Waals surface area contributed by atoms with Crippen molar-refractivity contribution in [1.29, 1.82) is 0 Å². The van der Waals surface area contributed by atoms with Gasteiger partial charge in [-0.05, 0) is 48.6 Å². The Morgan fingerprint density at radius 3 is 2.67 bits per heavy atom. The number of morpholine rings is 1. The number of ether oxygens (including phenoxy) is 1. The summed E-state index contributed by atoms with van der Waals surface area (Å²) in [6.07, 6.45) is 1.69. The van der Waals surface area contributed by atoms with Gasteiger partial charge in [0.25, 0.3) is 0 Å². The van der Waals surface area contributed by atoms with E-state index in [4.69, 9.17) is 9.72 Å². The smallest absolute Gasteiger partial charge is 0.241 e. The maximum Gasteiger partial charge on any atom is 0.241 e. The van der Waals surface area contributed by atoms with Crippen molar-refractivity contribution in [2.45, 2.75) is 57.0 Å². The normalized spacial score (nSPS) is 28.8. The molecule has 12 heteroatoms. The van der Waals surface area contributed by atoms with E-state index in [1.54, 1.807) is 18.2 Å². The summed E-state index contributed by atoms with van der Waals surface area (Å²) in [6, 6.07) is 7.92. The van der Waals surface area contributed by atoms with Crippen LogP contribution in [-0.2, 0) is 30.6 Å². The number of rotatable bonds is 9. The van der Waals surface area contributed by atoms with Gasteiger partial charge in [0, 0.05) is 42.9 Å². The molecule has 1 unspecified atom stereocenters. The van der Waals surface area contributed by atoms with Crippen molar-refractivity contribution in [2.24, 2.45) is 23.2 Å². The molecule has 6 atom stereocenters. The Bertz CT molecular complexity index is 1380. The molecule has 2 fully saturated rings. The fourth-order valence-electron chi connectivity index (χ4n) is 7.16. The zero-order chi connectivity index (χ0) is 30.1. The number of carbonyl (C=O) groups excluding carboxylic acids is 2. The SMILES string of the molecule is C[C@H](C(=O)NCCN1CCOCC1)C1CC[C@@]2(C)Cc3sc(NC(=O)CS(=O)(=O)c4ccccc4)nc3[C@@H](C)[C@@H]2[C@H]1O. The zero-order valence-electron chi connectivity index (χ0n) is 24.5. The van der Waals surface area contributed by atoms with Crippen molar-refractivity contribution < 1.29 is 27.9 Å². The Labute approximate surface area is 252 Å². The third-order valence-corrected chi connectivity index (χ3v) is 12.1. The number of benzene rings is 1. The van der Waals surface area contributed by atoms with Crippen molar-refractivity contribution in [3.63, 3.8) is 0 Å². The molecule has 1 aromatic heterocycles. The van der Waals surface area contributed by atoms with E-state index in [1.807, 2.05) is 6.92 Å². The van der Waals surface area contributed by atoms with Crippen molar-refractivity contribution in [2.75, 3.05) is 50.5 Å². The number of nitrogens with zero attached hydrogens (tertiary/aromatic N) is 2. The predicted molar refractivity (Wildman–Crippen MR) is 161 cm³/mol. The average molecular weight is 619 g/mol. The van der Waals surface area contributed by atoms with Crippen LogP contribution in [0.5, 0.6) is 0 Å². The van der Waals surface area contributed by atoms with Crippen LogP contribution in [0.2, 0.25) is 0 Å². The second-order valence-corrected chi connectivity index (χ2v) is 15.4. The second-order valence-electron chi connectivity index (χ2n) is 12.3. The predicted octanol–water partition coefficient (Wildman–Crippen LogP) is 2.69. The van der Waals surface area contributed by atoms with Crippen molar-refractivity contribution in [1.82, 2.24) is 15.2 Å². The quantitative estimate of drug-likeness (QED) is 0.390. The molecule has 10 nitrogen and oxygen atoms in total. The lowest BCUT2D eigenvalue weighted by atomic mass is 9.53. The molecule has 3 aliphatic rings. The van der Waals surface area contributed by atoms with Crippen LogP contribution in [0.25, 0.3) is 0 Å². The molecule has 0 spiro atoms. The minimum Gasteiger partial charge on any atom is -0.392 e. The van der Waals surface area contributed by atoms with Gasteiger partial charge >= 0.3 is 0 Å². The summed E-state index contributed by atoms with van der Waals surface area (Å²) >= 11 is 1.38. The molecule has 2 aliphatic carbocycles. The highest BCUT2D eigenvalue weighted by Crippen LogP contribution is 2.57. The summed E-state index contributed by atoms with van der Waals surface area (Å²) in [5, 5.41) is 17.9. The summed E-state index contributed by atoms with van der Waals surface area (Å²) in [4.78, 5) is 33.9. The number of thiazole rings is 1. The molecule has 230 valence electrons. The molecule has 1 saturated carbocycles. The fraction of sp³-hybridized carbons (Fsp3) is 0.633. The van der Waals surface area contributed by atoms with Gasteiger partial charge in [-0.3, -0.25) is 14.5 Å². The van der Waals surface area contributed by atoms with Gasteiger partial charge in [0.1, 0.15) is 5.75 Å². The van der Waals surface area contributed by atoms with Crippen LogP contribution < -0.4 is 10.6 Å². The molecule has 2 aromatic rings. The van der Waals surface area contributed by atoms with Gasteiger partial charge < -0.3 is 20.5 Å². The fourth-order valence-corrected chi connectivity index (χ4v) is 9.59. The Morgan fingerprint density at radius 2 is 1.95 bits per heavy atom. The first kappa shape index (κ1) is 31.1. The lowest BCUT2D eigenvalue weighted by molar-refractivity contribution is -0.134. The molecule has 2 amide bonds. The molecule has 1 aromatic carbocycles. The molecular weight excluding hydrogens is 576 g/mol. The number of aliphatic hydroxyl groups is 1. The van der Waals surface area contributed by atoms with Crippen LogP contribution in [0, 0.1) is 23.2 Å². The summed E-state index contributed by atoms with van der Waals surface area (Å²) in [6.45, 7) is 10.7. The first-order valence-corrected chi connectivity index (χ1v) is 17.3. The molecule has 2 heterocycles. The highest BCUT2D eigenvalue weighted by molar-refractivity contribution is 7.92. The van der Waals surface area contributed by atoms with Crippen molar-refractivity contribution in [3.05, 3.63) is 40.9 Å². The number of anilines is 1. The first-order valence-electron chi connectivity index (χ1n) is 14.8. The lowest BCUT2D eigenvalue weighted by Crippen LogP contribution is -2.53. The third kappa shape index (κ3) is 6.57. The highest BCUT2D eigenvalue weighted by atomic mass is 32.2. The summed E-state index contributed by atoms with van der Waals surface area (Å²) in [5.41, 5.74) is 0.672. The van der Waals surface area contributed by atoms with E-state index in [1.165, 1.54) is 23.5 Å². The van der Waals surface area contributed by atoms with Gasteiger partial charge in [0.05, 0.1) is 29.9 Å². The lowest BCUT2D eigenvalue weighted by Gasteiger charge is -2.53. The van der Waals surface area contributed by atoms with Crippen molar-refractivity contribution >= 4 is 38.1 Å². The van der Waals surface area contributed by atoms with Gasteiger partial charge in [0.15, 0.2) is 15.0 Å². The van der Waals surface area contributed by atoms with Crippen molar-refractivity contribution in [3.8, 4) is 0 Å². The Balaban J connectivity index is 1.22. The summed E-state index contributed by atoms with van der Waals surface area (Å²) < 4.78 is 30.7. The van der Waals surface area contributed by atoms with Crippen LogP contribution in [0.4, 0.5) is 5.13 Å². The molecule has 0 bridgehead atoms. The number of hydrogen-bond donors (Lipinski definition) is 3. The molecule has 5 rings (SSSR count). The third-order valence-electron chi connectivity index (χ3n) is 9.48. The van der Waals surface area contributed by atoms with Gasteiger partial charge in [-0.15, -0.1) is 11.3 Å². The number of sulfone groups is 1. The molecular formula is C30H42N4O6S2. The van der Waals surface area contributed by atoms with Gasteiger partial charge in [-0.2, -0.15) is 0 Å². The second kappa shape index (κ2) is 12.7. The number of aliphatic hydroxyl groups excluding tert-OH is 1. The largest absolute Gasteiger partial charge is 0.392 e. The van der Waals surface area contributed by atoms with E-state index in [9.17, 15) is 23.1 Å². The summed E-state index contributed by atoms with van der Waals surface area (Å²) in [5.74, 6) is -1.96. The Morgan fingerprint density at radius 1 is 1.24 bits per heavy atom. The number of aromatic nitrogens is 1. The van der Waals surface area contributed by atoms with E-state index in [0.717, 1.165) is 62.7 Å². The Hall–Kier alpha value is -2.38. The standard InChI is InChI=1S/C30H42N4O6S2/c1-19(28(37)31-11-12-34-13-15-40-16-14-34)22-9-10-30(3)17-23-26(20(2)25(30)27(22)36)33-29(41-23)32-24(35)18-42(38,39)21-7-5-4-6-8-21/h4-8,19-20,22,25,27,36H,9-18H2,1-3H3,(H,31,37)(H,32,33,35)/t19-,20-,22?,25+,27-,30-/m0/s1. The van der Waals surface area contributed by atoms with E-state index in [-0.39, 0.29) is 39.9 Å². The number of amides is 2. The number of nitrogens with one attached hydrogen (secondary N) is 2. The maximum absolute atomic E-state index is 13.1. The van der Waals surface area contributed by atoms with Crippen LogP contribution >= 0.6 is 11.3 Å². The van der Waals surface area contributed by atoms with Crippen LogP contribution in [0.15, 0.2) is 35.2 Å². The first-order chi connectivity index (χ1) is 20.0. The minimum atomic E-state index is -3.77. The van der Waals surface area contributed by atoms with E-state index >= 15 is 0 Å². The molecule has 42 heavy (non-hydrogen) atoms. The minimum absolute atomic E-state index is 0.0239. The molecule has 1 saturated heterocycles. The zero-order valence-corrected chi connectivity index (χ0v) is 26.2. The van der Waals surface area contributed by atoms with E-state index in [2.05, 4.69) is 29.4 Å². The number of hydrogen-bond acceptors (Lipinski definition) is 9. The maximum atomic E-state index is 13.1. The van der Waals surface area contributed by atoms with Gasteiger partial charge in [-0.1, -0.05) is 39.0 Å². The molecule has 1 aliphatic heterocycles. The van der Waals surface area contributed by atoms with Gasteiger partial charge in [-0.25, -0.2) is 13.4 Å². The molecule has 0 radical (unpaired) electrons. The number of carbonyl (C=O) groups is 2. The summed E-state index contributed by atoms with van der Waals surface area (Å²) in [7, 11) is -3.77. The monoisotopic (exact) mass is 618 g/mol. The van der Waals surface area contributed by atoms with Gasteiger partial charge in [0.2, 0.25) is 11.8 Å². The van der Waals surface area contributed by atoms with E-state index < -0.39 is 27.6 Å². The Kier molecular flexibility index (Phi) is 9.39. The van der Waals surface area contributed by atoms with E-state index in [0.29, 0.717) is 11.7 Å². The average Bonchev–Trinajstić information content (AvgIpc) is 3.35. The number of fused-ring (bicyclic) bond motifs is 2. The van der Waals surface area contributed by atoms with Crippen LogP contribution in [0.1, 0.15) is 50.1 Å². The van der Waals surface area contributed by atoms with Crippen LogP contribution in [-0.4, -0.2) is 86.5 Å². The highest BCUT2D eigenvalue weighted by Gasteiger charge is 2.54. The van der Waals surface area contributed by atoms with Crippen LogP contribution in [0.3, 0.4) is 0 Å².